The number of rotatable bonds is 5. The van der Waals surface area contributed by atoms with Crippen molar-refractivity contribution in [2.24, 2.45) is 0 Å². The summed E-state index contributed by atoms with van der Waals surface area (Å²) >= 11 is 0.937. The van der Waals surface area contributed by atoms with Gasteiger partial charge in [-0.15, -0.1) is 0 Å². The van der Waals surface area contributed by atoms with Crippen molar-refractivity contribution in [2.75, 3.05) is 14.2 Å². The highest BCUT2D eigenvalue weighted by atomic mass is 32.2. The molecule has 0 fully saturated rings. The molecule has 138 valence electrons. The first-order valence-electron chi connectivity index (χ1n) is 7.49. The minimum atomic E-state index is -0.888. The second-order valence-corrected chi connectivity index (χ2v) is 6.43. The van der Waals surface area contributed by atoms with Gasteiger partial charge in [0.15, 0.2) is 5.16 Å². The number of imide groups is 1. The zero-order valence-corrected chi connectivity index (χ0v) is 15.2. The van der Waals surface area contributed by atoms with E-state index in [2.05, 4.69) is 14.5 Å². The fraction of sp³-hybridized carbons (Fsp3) is 0.312. The fourth-order valence-corrected chi connectivity index (χ4v) is 2.94. The number of methoxy groups -OCH3 is 2. The predicted molar refractivity (Wildman–Crippen MR) is 93.9 cm³/mol. The van der Waals surface area contributed by atoms with Gasteiger partial charge in [0.05, 0.1) is 30.4 Å². The summed E-state index contributed by atoms with van der Waals surface area (Å²) in [5.74, 6) is -1.24. The predicted octanol–water partition coefficient (Wildman–Crippen LogP) is 0.933. The van der Waals surface area contributed by atoms with Crippen LogP contribution in [0.15, 0.2) is 34.2 Å². The lowest BCUT2D eigenvalue weighted by Crippen LogP contribution is -2.36. The van der Waals surface area contributed by atoms with E-state index < -0.39 is 28.8 Å². The number of benzene rings is 1. The Morgan fingerprint density at radius 2 is 1.92 bits per heavy atom. The average molecular weight is 379 g/mol. The van der Waals surface area contributed by atoms with Gasteiger partial charge in [0, 0.05) is 0 Å². The molecule has 2 aromatic rings. The molecule has 1 heterocycles. The number of thioether (sulfide) groups is 1. The zero-order chi connectivity index (χ0) is 19.3. The lowest BCUT2D eigenvalue weighted by Gasteiger charge is -2.15. The van der Waals surface area contributed by atoms with Gasteiger partial charge in [-0.2, -0.15) is 0 Å². The third-order valence-corrected chi connectivity index (χ3v) is 4.49. The van der Waals surface area contributed by atoms with Crippen LogP contribution < -0.4 is 10.9 Å². The van der Waals surface area contributed by atoms with E-state index in [1.807, 2.05) is 5.32 Å². The van der Waals surface area contributed by atoms with E-state index in [0.717, 1.165) is 23.4 Å². The molecule has 26 heavy (non-hydrogen) atoms. The first kappa shape index (κ1) is 19.4. The number of fused-ring (bicyclic) bond motifs is 1. The Morgan fingerprint density at radius 1 is 1.23 bits per heavy atom. The topological polar surface area (TPSA) is 117 Å². The van der Waals surface area contributed by atoms with Gasteiger partial charge in [-0.3, -0.25) is 24.3 Å². The van der Waals surface area contributed by atoms with Gasteiger partial charge in [-0.25, -0.2) is 9.78 Å². The van der Waals surface area contributed by atoms with E-state index in [9.17, 15) is 19.2 Å². The van der Waals surface area contributed by atoms with Crippen molar-refractivity contribution in [3.63, 3.8) is 0 Å². The highest BCUT2D eigenvalue weighted by Crippen LogP contribution is 2.22. The van der Waals surface area contributed by atoms with Gasteiger partial charge in [-0.05, 0) is 19.1 Å². The van der Waals surface area contributed by atoms with Gasteiger partial charge >= 0.3 is 12.1 Å². The molecule has 1 N–H and O–H groups in total. The third kappa shape index (κ3) is 4.39. The number of esters is 1. The summed E-state index contributed by atoms with van der Waals surface area (Å²) in [5.41, 5.74) is 0.00534. The maximum Gasteiger partial charge on any atom is 0.413 e. The van der Waals surface area contributed by atoms with Crippen LogP contribution in [0.2, 0.25) is 0 Å². The second-order valence-electron chi connectivity index (χ2n) is 5.12. The van der Waals surface area contributed by atoms with Crippen molar-refractivity contribution in [2.45, 2.75) is 23.9 Å². The Labute approximate surface area is 152 Å². The number of para-hydroxylation sites is 1. The largest absolute Gasteiger partial charge is 0.468 e. The van der Waals surface area contributed by atoms with Crippen molar-refractivity contribution < 1.29 is 23.9 Å². The first-order valence-corrected chi connectivity index (χ1v) is 8.37. The van der Waals surface area contributed by atoms with Crippen LogP contribution in [-0.4, -0.2) is 47.0 Å². The van der Waals surface area contributed by atoms with E-state index in [-0.39, 0.29) is 11.7 Å². The normalized spacial score (nSPS) is 11.7. The van der Waals surface area contributed by atoms with E-state index in [4.69, 9.17) is 0 Å². The summed E-state index contributed by atoms with van der Waals surface area (Å²) in [6.07, 6.45) is -0.888. The Bertz CT molecular complexity index is 910. The van der Waals surface area contributed by atoms with Crippen LogP contribution >= 0.6 is 11.8 Å². The molecule has 0 aliphatic heterocycles. The molecule has 2 rings (SSSR count). The molecule has 0 radical (unpaired) electrons. The highest BCUT2D eigenvalue weighted by molar-refractivity contribution is 8.00. The van der Waals surface area contributed by atoms with Crippen molar-refractivity contribution >= 4 is 40.6 Å². The molecule has 10 heteroatoms. The molecule has 1 atom stereocenters. The summed E-state index contributed by atoms with van der Waals surface area (Å²) in [4.78, 5) is 51.9. The highest BCUT2D eigenvalue weighted by Gasteiger charge is 2.22. The fourth-order valence-electron chi connectivity index (χ4n) is 2.04. The van der Waals surface area contributed by atoms with Gasteiger partial charge in [0.25, 0.3) is 5.56 Å². The smallest absolute Gasteiger partial charge is 0.413 e. The van der Waals surface area contributed by atoms with Crippen LogP contribution in [0.25, 0.3) is 10.9 Å². The number of aromatic nitrogens is 2. The van der Waals surface area contributed by atoms with Crippen LogP contribution in [0.5, 0.6) is 0 Å². The minimum Gasteiger partial charge on any atom is -0.468 e. The molecule has 9 nitrogen and oxygen atoms in total. The van der Waals surface area contributed by atoms with Crippen LogP contribution in [0.3, 0.4) is 0 Å². The quantitative estimate of drug-likeness (QED) is 0.463. The maximum atomic E-state index is 12.7. The first-order chi connectivity index (χ1) is 12.4. The number of amides is 2. The number of carbonyl (C=O) groups excluding carboxylic acids is 3. The van der Waals surface area contributed by atoms with Gasteiger partial charge < -0.3 is 9.47 Å². The Morgan fingerprint density at radius 3 is 2.58 bits per heavy atom. The molecule has 0 aliphatic carbocycles. The van der Waals surface area contributed by atoms with Gasteiger partial charge in [-0.1, -0.05) is 23.9 Å². The van der Waals surface area contributed by atoms with Crippen molar-refractivity contribution in [3.8, 4) is 0 Å². The second kappa shape index (κ2) is 8.48. The number of nitrogens with zero attached hydrogens (tertiary/aromatic N) is 2. The molecule has 0 unspecified atom stereocenters. The number of alkyl carbamates (subject to hydrolysis) is 1. The average Bonchev–Trinajstić information content (AvgIpc) is 2.64. The van der Waals surface area contributed by atoms with E-state index in [0.29, 0.717) is 10.9 Å². The zero-order valence-electron chi connectivity index (χ0n) is 14.3. The van der Waals surface area contributed by atoms with Gasteiger partial charge in [0.1, 0.15) is 6.54 Å². The molecular formula is C16H17N3O6S. The Kier molecular flexibility index (Phi) is 6.34. The van der Waals surface area contributed by atoms with E-state index >= 15 is 0 Å². The number of carbonyl (C=O) groups is 3. The van der Waals surface area contributed by atoms with Crippen molar-refractivity contribution in [3.05, 3.63) is 34.6 Å². The molecule has 1 aromatic heterocycles. The summed E-state index contributed by atoms with van der Waals surface area (Å²) in [6.45, 7) is 1.19. The Hall–Kier alpha value is -2.88. The lowest BCUT2D eigenvalue weighted by molar-refractivity contribution is -0.141. The number of nitrogens with one attached hydrogen (secondary N) is 1. The van der Waals surface area contributed by atoms with Crippen LogP contribution in [0.1, 0.15) is 6.92 Å². The van der Waals surface area contributed by atoms with Crippen LogP contribution in [0.4, 0.5) is 4.79 Å². The summed E-state index contributed by atoms with van der Waals surface area (Å²) < 4.78 is 10.1. The SMILES string of the molecule is COC(=O)Cn1c(S[C@H](C)C(=O)NC(=O)OC)nc2ccccc2c1=O. The van der Waals surface area contributed by atoms with Crippen molar-refractivity contribution in [1.82, 2.24) is 14.9 Å². The van der Waals surface area contributed by atoms with Crippen molar-refractivity contribution in [1.29, 1.82) is 0 Å². The van der Waals surface area contributed by atoms with Crippen LogP contribution in [0, 0.1) is 0 Å². The number of hydrogen-bond donors (Lipinski definition) is 1. The summed E-state index contributed by atoms with van der Waals surface area (Å²) in [7, 11) is 2.35. The maximum absolute atomic E-state index is 12.7. The minimum absolute atomic E-state index is 0.159. The molecule has 2 amide bonds. The lowest BCUT2D eigenvalue weighted by atomic mass is 10.2. The van der Waals surface area contributed by atoms with Crippen LogP contribution in [-0.2, 0) is 25.6 Å². The molecule has 0 aliphatic rings. The molecular weight excluding hydrogens is 362 g/mol. The Balaban J connectivity index is 2.42. The standard InChI is InChI=1S/C16H17N3O6S/c1-9(13(21)18-16(23)25-3)26-15-17-11-7-5-4-6-10(11)14(22)19(15)8-12(20)24-2/h4-7,9H,8H2,1-3H3,(H,18,21,23)/t9-/m1/s1. The van der Waals surface area contributed by atoms with Gasteiger partial charge in [0.2, 0.25) is 5.91 Å². The third-order valence-electron chi connectivity index (χ3n) is 3.40. The monoisotopic (exact) mass is 379 g/mol. The number of hydrogen-bond acceptors (Lipinski definition) is 8. The molecule has 1 aromatic carbocycles. The number of ether oxygens (including phenoxy) is 2. The van der Waals surface area contributed by atoms with E-state index in [1.54, 1.807) is 24.3 Å². The summed E-state index contributed by atoms with van der Waals surface area (Å²) in [6, 6.07) is 6.66. The molecule has 0 saturated carbocycles. The van der Waals surface area contributed by atoms with E-state index in [1.165, 1.54) is 14.0 Å². The molecule has 0 spiro atoms. The molecule has 0 saturated heterocycles. The summed E-state index contributed by atoms with van der Waals surface area (Å²) in [5, 5.41) is 1.77. The molecule has 0 bridgehead atoms.